The first-order chi connectivity index (χ1) is 8.50. The first-order valence-corrected chi connectivity index (χ1v) is 6.80. The molecule has 0 radical (unpaired) electrons. The van der Waals surface area contributed by atoms with Gasteiger partial charge in [0.15, 0.2) is 5.78 Å². The molecule has 1 nitrogen and oxygen atoms in total. The minimum atomic E-state index is -0.124. The lowest BCUT2D eigenvalue weighted by Crippen LogP contribution is -2.04. The van der Waals surface area contributed by atoms with E-state index in [1.165, 1.54) is 0 Å². The second kappa shape index (κ2) is 5.43. The van der Waals surface area contributed by atoms with Crippen LogP contribution in [0.4, 0.5) is 0 Å². The number of carbonyl (C=O) groups is 1. The lowest BCUT2D eigenvalue weighted by molar-refractivity contribution is 0.103. The normalized spacial score (nSPS) is 10.4. The molecule has 0 heterocycles. The smallest absolute Gasteiger partial charge is 0.194 e. The zero-order valence-electron chi connectivity index (χ0n) is 9.51. The Bertz CT molecular complexity index is 619. The van der Waals surface area contributed by atoms with Gasteiger partial charge in [0.25, 0.3) is 0 Å². The molecule has 0 bridgehead atoms. The summed E-state index contributed by atoms with van der Waals surface area (Å²) < 4.78 is 0.856. The minimum Gasteiger partial charge on any atom is -0.289 e. The Hall–Kier alpha value is -0.830. The van der Waals surface area contributed by atoms with Crippen LogP contribution in [0.1, 0.15) is 21.5 Å². The Kier molecular flexibility index (Phi) is 4.10. The van der Waals surface area contributed by atoms with Crippen molar-refractivity contribution in [1.82, 2.24) is 0 Å². The van der Waals surface area contributed by atoms with Gasteiger partial charge in [0, 0.05) is 15.6 Å². The summed E-state index contributed by atoms with van der Waals surface area (Å²) in [6, 6.07) is 10.6. The number of hydrogen-bond acceptors (Lipinski definition) is 1. The fourth-order valence-electron chi connectivity index (χ4n) is 1.66. The summed E-state index contributed by atoms with van der Waals surface area (Å²) in [5, 5.41) is 0.679. The van der Waals surface area contributed by atoms with Crippen molar-refractivity contribution < 1.29 is 4.79 Å². The zero-order chi connectivity index (χ0) is 13.3. The number of rotatable bonds is 2. The summed E-state index contributed by atoms with van der Waals surface area (Å²) in [6.07, 6.45) is 0. The Labute approximate surface area is 124 Å². The van der Waals surface area contributed by atoms with Gasteiger partial charge in [-0.05, 0) is 36.8 Å². The van der Waals surface area contributed by atoms with Crippen molar-refractivity contribution in [2.75, 3.05) is 0 Å². The fourth-order valence-corrected chi connectivity index (χ4v) is 2.41. The molecule has 0 spiro atoms. The summed E-state index contributed by atoms with van der Waals surface area (Å²) >= 11 is 15.3. The third kappa shape index (κ3) is 2.61. The summed E-state index contributed by atoms with van der Waals surface area (Å²) in [6.45, 7) is 1.89. The Balaban J connectivity index is 2.55. The topological polar surface area (TPSA) is 17.1 Å². The van der Waals surface area contributed by atoms with E-state index in [1.54, 1.807) is 24.3 Å². The van der Waals surface area contributed by atoms with Gasteiger partial charge in [0.2, 0.25) is 0 Å². The molecule has 0 aliphatic carbocycles. The second-order valence-electron chi connectivity index (χ2n) is 3.89. The van der Waals surface area contributed by atoms with Crippen molar-refractivity contribution in [3.63, 3.8) is 0 Å². The maximum Gasteiger partial charge on any atom is 0.194 e. The van der Waals surface area contributed by atoms with Crippen LogP contribution in [0.3, 0.4) is 0 Å². The Morgan fingerprint density at radius 2 is 1.83 bits per heavy atom. The molecule has 0 N–H and O–H groups in total. The molecule has 0 fully saturated rings. The van der Waals surface area contributed by atoms with Crippen molar-refractivity contribution in [3.8, 4) is 0 Å². The molecule has 92 valence electrons. The molecular formula is C14H9BrCl2O. The van der Waals surface area contributed by atoms with Crippen molar-refractivity contribution >= 4 is 44.9 Å². The van der Waals surface area contributed by atoms with E-state index in [0.29, 0.717) is 21.2 Å². The van der Waals surface area contributed by atoms with Gasteiger partial charge in [-0.2, -0.15) is 0 Å². The van der Waals surface area contributed by atoms with Crippen LogP contribution in [-0.4, -0.2) is 5.78 Å². The van der Waals surface area contributed by atoms with Crippen LogP contribution in [0.15, 0.2) is 40.9 Å². The number of halogens is 3. The first-order valence-electron chi connectivity index (χ1n) is 5.25. The highest BCUT2D eigenvalue weighted by Crippen LogP contribution is 2.28. The van der Waals surface area contributed by atoms with E-state index in [4.69, 9.17) is 23.2 Å². The van der Waals surface area contributed by atoms with E-state index in [-0.39, 0.29) is 5.78 Å². The van der Waals surface area contributed by atoms with Gasteiger partial charge in [0.1, 0.15) is 0 Å². The Morgan fingerprint density at radius 3 is 2.56 bits per heavy atom. The molecule has 0 aliphatic rings. The quantitative estimate of drug-likeness (QED) is 0.676. The van der Waals surface area contributed by atoms with E-state index in [1.807, 2.05) is 19.1 Å². The fraction of sp³-hybridized carbons (Fsp3) is 0.0714. The lowest BCUT2D eigenvalue weighted by atomic mass is 9.99. The van der Waals surface area contributed by atoms with Crippen LogP contribution in [0, 0.1) is 6.92 Å². The zero-order valence-corrected chi connectivity index (χ0v) is 12.6. The monoisotopic (exact) mass is 342 g/mol. The third-order valence-electron chi connectivity index (χ3n) is 2.64. The molecule has 2 rings (SSSR count). The molecule has 4 heteroatoms. The molecule has 0 aliphatic heterocycles. The predicted octanol–water partition coefficient (Wildman–Crippen LogP) is 5.30. The van der Waals surface area contributed by atoms with Gasteiger partial charge in [0.05, 0.1) is 10.0 Å². The highest BCUT2D eigenvalue weighted by Gasteiger charge is 2.16. The number of carbonyl (C=O) groups excluding carboxylic acids is 1. The first kappa shape index (κ1) is 13.6. The molecule has 0 saturated heterocycles. The van der Waals surface area contributed by atoms with Crippen molar-refractivity contribution in [1.29, 1.82) is 0 Å². The van der Waals surface area contributed by atoms with E-state index in [2.05, 4.69) is 15.9 Å². The largest absolute Gasteiger partial charge is 0.289 e. The van der Waals surface area contributed by atoms with E-state index in [0.717, 1.165) is 10.0 Å². The number of benzene rings is 2. The predicted molar refractivity (Wildman–Crippen MR) is 78.8 cm³/mol. The molecule has 0 atom stereocenters. The number of ketones is 1. The average molecular weight is 344 g/mol. The molecule has 0 saturated carbocycles. The maximum absolute atomic E-state index is 12.4. The van der Waals surface area contributed by atoms with Crippen LogP contribution in [0.25, 0.3) is 0 Å². The maximum atomic E-state index is 12.4. The highest BCUT2D eigenvalue weighted by atomic mass is 79.9. The molecular weight excluding hydrogens is 335 g/mol. The van der Waals surface area contributed by atoms with Gasteiger partial charge in [-0.3, -0.25) is 4.79 Å². The molecule has 0 amide bonds. The Morgan fingerprint density at radius 1 is 1.11 bits per heavy atom. The molecule has 0 aromatic heterocycles. The highest BCUT2D eigenvalue weighted by molar-refractivity contribution is 9.10. The van der Waals surface area contributed by atoms with E-state index >= 15 is 0 Å². The van der Waals surface area contributed by atoms with Crippen LogP contribution < -0.4 is 0 Å². The number of hydrogen-bond donors (Lipinski definition) is 0. The van der Waals surface area contributed by atoms with Crippen LogP contribution in [0.5, 0.6) is 0 Å². The minimum absolute atomic E-state index is 0.124. The van der Waals surface area contributed by atoms with Gasteiger partial charge in [-0.15, -0.1) is 0 Å². The van der Waals surface area contributed by atoms with Crippen molar-refractivity contribution in [3.05, 3.63) is 67.6 Å². The van der Waals surface area contributed by atoms with Crippen molar-refractivity contribution in [2.45, 2.75) is 6.92 Å². The SMILES string of the molecule is Cc1ccc(Br)cc1C(=O)c1cccc(Cl)c1Cl. The summed E-state index contributed by atoms with van der Waals surface area (Å²) in [5.74, 6) is -0.124. The third-order valence-corrected chi connectivity index (χ3v) is 3.95. The van der Waals surface area contributed by atoms with Gasteiger partial charge in [-0.1, -0.05) is 51.3 Å². The van der Waals surface area contributed by atoms with Crippen LogP contribution >= 0.6 is 39.1 Å². The van der Waals surface area contributed by atoms with Crippen molar-refractivity contribution in [2.24, 2.45) is 0 Å². The molecule has 18 heavy (non-hydrogen) atoms. The van der Waals surface area contributed by atoms with Gasteiger partial charge in [-0.25, -0.2) is 0 Å². The molecule has 2 aromatic rings. The summed E-state index contributed by atoms with van der Waals surface area (Å²) in [7, 11) is 0. The van der Waals surface area contributed by atoms with Gasteiger partial charge >= 0.3 is 0 Å². The van der Waals surface area contributed by atoms with E-state index in [9.17, 15) is 4.79 Å². The average Bonchev–Trinajstić information content (AvgIpc) is 2.35. The molecule has 0 unspecified atom stereocenters. The lowest BCUT2D eigenvalue weighted by Gasteiger charge is -2.08. The standard InChI is InChI=1S/C14H9BrCl2O/c1-8-5-6-9(15)7-11(8)14(18)10-3-2-4-12(16)13(10)17/h2-7H,1H3. The summed E-state index contributed by atoms with van der Waals surface area (Å²) in [4.78, 5) is 12.4. The summed E-state index contributed by atoms with van der Waals surface area (Å²) in [5.41, 5.74) is 1.94. The number of aryl methyl sites for hydroxylation is 1. The van der Waals surface area contributed by atoms with Crippen LogP contribution in [-0.2, 0) is 0 Å². The van der Waals surface area contributed by atoms with Gasteiger partial charge < -0.3 is 0 Å². The van der Waals surface area contributed by atoms with Crippen LogP contribution in [0.2, 0.25) is 10.0 Å². The second-order valence-corrected chi connectivity index (χ2v) is 5.59. The molecule has 2 aromatic carbocycles. The van der Waals surface area contributed by atoms with E-state index < -0.39 is 0 Å².